The Hall–Kier alpha value is -3.56. The van der Waals surface area contributed by atoms with E-state index in [9.17, 15) is 4.79 Å². The fourth-order valence-corrected chi connectivity index (χ4v) is 5.44. The number of fused-ring (bicyclic) bond motifs is 1. The molecule has 5 rings (SSSR count). The van der Waals surface area contributed by atoms with Gasteiger partial charge in [-0.3, -0.25) is 9.69 Å². The molecule has 9 heteroatoms. The van der Waals surface area contributed by atoms with E-state index in [0.29, 0.717) is 31.1 Å². The molecule has 1 saturated heterocycles. The van der Waals surface area contributed by atoms with Crippen LogP contribution in [0.15, 0.2) is 47.3 Å². The van der Waals surface area contributed by atoms with Gasteiger partial charge in [0.15, 0.2) is 5.82 Å². The highest BCUT2D eigenvalue weighted by atomic mass is 16.5. The summed E-state index contributed by atoms with van der Waals surface area (Å²) in [4.78, 5) is 19.3. The van der Waals surface area contributed by atoms with Crippen molar-refractivity contribution >= 4 is 10.9 Å². The number of aromatic amines is 1. The summed E-state index contributed by atoms with van der Waals surface area (Å²) in [6.07, 6.45) is 2.07. The minimum absolute atomic E-state index is 0.0635. The number of nitrogens with zero attached hydrogens (tertiary/aromatic N) is 5. The lowest BCUT2D eigenvalue weighted by Crippen LogP contribution is -2.40. The fraction of sp³-hybridized carbons (Fsp3) is 0.484. The molecule has 0 amide bonds. The summed E-state index contributed by atoms with van der Waals surface area (Å²) in [5.74, 6) is 1.46. The van der Waals surface area contributed by atoms with Gasteiger partial charge in [-0.05, 0) is 117 Å². The lowest BCUT2D eigenvalue weighted by molar-refractivity contribution is 0.0564. The van der Waals surface area contributed by atoms with Crippen molar-refractivity contribution in [1.29, 1.82) is 0 Å². The third-order valence-electron chi connectivity index (χ3n) is 7.60. The summed E-state index contributed by atoms with van der Waals surface area (Å²) in [5.41, 5.74) is 4.32. The van der Waals surface area contributed by atoms with Gasteiger partial charge in [-0.25, -0.2) is 4.68 Å². The Morgan fingerprint density at radius 3 is 2.58 bits per heavy atom. The van der Waals surface area contributed by atoms with Crippen molar-refractivity contribution in [3.05, 3.63) is 80.9 Å². The maximum atomic E-state index is 13.8. The van der Waals surface area contributed by atoms with E-state index in [0.717, 1.165) is 47.2 Å². The first-order valence-corrected chi connectivity index (χ1v) is 14.1. The summed E-state index contributed by atoms with van der Waals surface area (Å²) in [6, 6.07) is 13.8. The van der Waals surface area contributed by atoms with Crippen molar-refractivity contribution in [3.63, 3.8) is 0 Å². The topological polar surface area (TPSA) is 98.2 Å². The first kappa shape index (κ1) is 28.0. The SMILES string of the molecule is CCOc1ccc(CN(C[C@@H]2CCCO2)[C@@H](c2cc3cc(C)c(C)cc3[nH]c2=O)c2nnnn2C(C)(C)C)cc1. The smallest absolute Gasteiger partial charge is 0.253 e. The van der Waals surface area contributed by atoms with Gasteiger partial charge in [-0.15, -0.1) is 5.10 Å². The molecule has 4 aromatic rings. The maximum Gasteiger partial charge on any atom is 0.253 e. The van der Waals surface area contributed by atoms with Crippen LogP contribution >= 0.6 is 0 Å². The maximum absolute atomic E-state index is 13.8. The number of benzene rings is 2. The standard InChI is InChI=1S/C31H40N6O3/c1-7-39-24-12-10-22(11-13-24)18-36(19-25-9-8-14-40-25)28(29-33-34-35-37(29)31(4,5)6)26-17-23-15-20(2)21(3)16-27(23)32-30(26)38/h10-13,15-17,25,28H,7-9,14,18-19H2,1-6H3,(H,32,38)/t25-,28-/m0/s1. The van der Waals surface area contributed by atoms with Crippen LogP contribution in [-0.4, -0.2) is 56.0 Å². The largest absolute Gasteiger partial charge is 0.494 e. The van der Waals surface area contributed by atoms with Gasteiger partial charge in [-0.1, -0.05) is 12.1 Å². The lowest BCUT2D eigenvalue weighted by Gasteiger charge is -2.34. The van der Waals surface area contributed by atoms with Crippen LogP contribution in [0.25, 0.3) is 10.9 Å². The van der Waals surface area contributed by atoms with Gasteiger partial charge in [0.05, 0.1) is 18.2 Å². The molecule has 0 saturated carbocycles. The van der Waals surface area contributed by atoms with Crippen molar-refractivity contribution in [2.45, 2.75) is 78.6 Å². The Kier molecular flexibility index (Phi) is 8.05. The van der Waals surface area contributed by atoms with E-state index in [4.69, 9.17) is 9.47 Å². The average Bonchev–Trinajstić information content (AvgIpc) is 3.60. The minimum atomic E-state index is -0.500. The van der Waals surface area contributed by atoms with E-state index in [2.05, 4.69) is 78.2 Å². The molecule has 40 heavy (non-hydrogen) atoms. The number of aryl methyl sites for hydroxylation is 2. The van der Waals surface area contributed by atoms with Crippen molar-refractivity contribution in [2.75, 3.05) is 19.8 Å². The molecule has 212 valence electrons. The molecule has 0 spiro atoms. The van der Waals surface area contributed by atoms with Crippen molar-refractivity contribution in [3.8, 4) is 5.75 Å². The van der Waals surface area contributed by atoms with Crippen LogP contribution in [0.1, 0.15) is 74.7 Å². The van der Waals surface area contributed by atoms with Crippen LogP contribution in [0.5, 0.6) is 5.75 Å². The number of tetrazole rings is 1. The molecule has 0 aliphatic carbocycles. The van der Waals surface area contributed by atoms with Crippen LogP contribution in [0, 0.1) is 13.8 Å². The fourth-order valence-electron chi connectivity index (χ4n) is 5.44. The third kappa shape index (κ3) is 5.95. The second kappa shape index (κ2) is 11.5. The Bertz CT molecular complexity index is 1510. The quantitative estimate of drug-likeness (QED) is 0.315. The zero-order chi connectivity index (χ0) is 28.4. The highest BCUT2D eigenvalue weighted by Crippen LogP contribution is 2.32. The van der Waals surface area contributed by atoms with E-state index in [1.807, 2.05) is 35.9 Å². The molecule has 1 aliphatic rings. The third-order valence-corrected chi connectivity index (χ3v) is 7.60. The average molecular weight is 545 g/mol. The van der Waals surface area contributed by atoms with Crippen molar-refractivity contribution in [1.82, 2.24) is 30.1 Å². The van der Waals surface area contributed by atoms with Crippen LogP contribution in [0.3, 0.4) is 0 Å². The zero-order valence-corrected chi connectivity index (χ0v) is 24.4. The molecule has 1 N–H and O–H groups in total. The van der Waals surface area contributed by atoms with E-state index >= 15 is 0 Å². The lowest BCUT2D eigenvalue weighted by atomic mass is 9.99. The number of aromatic nitrogens is 5. The van der Waals surface area contributed by atoms with Crippen LogP contribution in [0.4, 0.5) is 0 Å². The minimum Gasteiger partial charge on any atom is -0.494 e. The Balaban J connectivity index is 1.67. The van der Waals surface area contributed by atoms with Crippen molar-refractivity contribution < 1.29 is 9.47 Å². The molecule has 1 fully saturated rings. The molecule has 9 nitrogen and oxygen atoms in total. The van der Waals surface area contributed by atoms with E-state index in [1.165, 1.54) is 5.56 Å². The molecule has 0 radical (unpaired) electrons. The molecule has 0 unspecified atom stereocenters. The number of hydrogen-bond acceptors (Lipinski definition) is 7. The van der Waals surface area contributed by atoms with Crippen LogP contribution in [-0.2, 0) is 16.8 Å². The number of ether oxygens (including phenoxy) is 2. The summed E-state index contributed by atoms with van der Waals surface area (Å²) in [7, 11) is 0. The molecule has 2 aromatic heterocycles. The number of nitrogens with one attached hydrogen (secondary N) is 1. The predicted molar refractivity (Wildman–Crippen MR) is 156 cm³/mol. The normalized spacial score (nSPS) is 16.6. The van der Waals surface area contributed by atoms with Gasteiger partial charge < -0.3 is 14.5 Å². The highest BCUT2D eigenvalue weighted by Gasteiger charge is 2.35. The molecular formula is C31H40N6O3. The summed E-state index contributed by atoms with van der Waals surface area (Å²) >= 11 is 0. The Morgan fingerprint density at radius 2 is 1.90 bits per heavy atom. The number of rotatable bonds is 9. The van der Waals surface area contributed by atoms with Gasteiger partial charge >= 0.3 is 0 Å². The first-order chi connectivity index (χ1) is 19.1. The summed E-state index contributed by atoms with van der Waals surface area (Å²) in [6.45, 7) is 14.9. The van der Waals surface area contributed by atoms with Gasteiger partial charge in [0.1, 0.15) is 11.8 Å². The van der Waals surface area contributed by atoms with E-state index in [-0.39, 0.29) is 17.2 Å². The second-order valence-electron chi connectivity index (χ2n) is 11.7. The Labute approximate surface area is 235 Å². The molecule has 2 aromatic carbocycles. The van der Waals surface area contributed by atoms with Gasteiger partial charge in [0.2, 0.25) is 0 Å². The van der Waals surface area contributed by atoms with Gasteiger partial charge in [0.25, 0.3) is 5.56 Å². The molecule has 2 atom stereocenters. The first-order valence-electron chi connectivity index (χ1n) is 14.1. The van der Waals surface area contributed by atoms with Gasteiger partial charge in [-0.2, -0.15) is 0 Å². The van der Waals surface area contributed by atoms with Crippen LogP contribution in [0.2, 0.25) is 0 Å². The summed E-state index contributed by atoms with van der Waals surface area (Å²) < 4.78 is 13.6. The second-order valence-corrected chi connectivity index (χ2v) is 11.7. The van der Waals surface area contributed by atoms with Gasteiger partial charge in [0, 0.05) is 30.8 Å². The molecule has 0 bridgehead atoms. The zero-order valence-electron chi connectivity index (χ0n) is 24.4. The van der Waals surface area contributed by atoms with E-state index < -0.39 is 6.04 Å². The number of hydrogen-bond donors (Lipinski definition) is 1. The monoisotopic (exact) mass is 544 g/mol. The molecule has 1 aliphatic heterocycles. The number of pyridine rings is 1. The van der Waals surface area contributed by atoms with E-state index in [1.54, 1.807) is 0 Å². The van der Waals surface area contributed by atoms with Crippen LogP contribution < -0.4 is 10.3 Å². The molecular weight excluding hydrogens is 504 g/mol. The molecule has 3 heterocycles. The summed E-state index contributed by atoms with van der Waals surface area (Å²) in [5, 5.41) is 14.0. The van der Waals surface area contributed by atoms with Crippen molar-refractivity contribution in [2.24, 2.45) is 0 Å². The predicted octanol–water partition coefficient (Wildman–Crippen LogP) is 5.06. The highest BCUT2D eigenvalue weighted by molar-refractivity contribution is 5.81. The number of H-pyrrole nitrogens is 1. The Morgan fingerprint density at radius 1 is 1.15 bits per heavy atom.